The molecule has 0 fully saturated rings. The maximum atomic E-state index is 8.62. The molecule has 4 nitrogen and oxygen atoms in total. The van der Waals surface area contributed by atoms with Gasteiger partial charge in [-0.1, -0.05) is 18.2 Å². The largest absolute Gasteiger partial charge is 0.439 e. The van der Waals surface area contributed by atoms with Gasteiger partial charge in [0.05, 0.1) is 12.5 Å². The molecule has 4 heteroatoms. The molecule has 1 heterocycles. The summed E-state index contributed by atoms with van der Waals surface area (Å²) in [6.07, 6.45) is 2.07. The van der Waals surface area contributed by atoms with E-state index < -0.39 is 0 Å². The van der Waals surface area contributed by atoms with Crippen molar-refractivity contribution in [1.82, 2.24) is 4.98 Å². The van der Waals surface area contributed by atoms with E-state index >= 15 is 0 Å². The fraction of sp³-hybridized carbons (Fsp3) is 0.200. The Morgan fingerprint density at radius 1 is 1.32 bits per heavy atom. The fourth-order valence-electron chi connectivity index (χ4n) is 1.71. The molecular weight excluding hydrogens is 238 g/mol. The topological polar surface area (TPSA) is 71.9 Å². The van der Waals surface area contributed by atoms with Gasteiger partial charge in [-0.15, -0.1) is 0 Å². The Kier molecular flexibility index (Phi) is 4.11. The summed E-state index contributed by atoms with van der Waals surface area (Å²) in [6.45, 7) is 1.89. The van der Waals surface area contributed by atoms with Crippen LogP contribution >= 0.6 is 0 Å². The third kappa shape index (κ3) is 3.30. The highest BCUT2D eigenvalue weighted by atomic mass is 16.5. The van der Waals surface area contributed by atoms with Gasteiger partial charge in [0.1, 0.15) is 5.75 Å². The molecular formula is C15H15N3O. The lowest BCUT2D eigenvalue weighted by Crippen LogP contribution is -2.07. The highest BCUT2D eigenvalue weighted by Gasteiger charge is 2.09. The fourth-order valence-corrected chi connectivity index (χ4v) is 1.71. The van der Waals surface area contributed by atoms with E-state index in [1.54, 1.807) is 6.20 Å². The molecule has 0 aliphatic rings. The van der Waals surface area contributed by atoms with Crippen LogP contribution in [-0.4, -0.2) is 4.98 Å². The van der Waals surface area contributed by atoms with Gasteiger partial charge in [0.25, 0.3) is 0 Å². The van der Waals surface area contributed by atoms with E-state index in [1.807, 2.05) is 43.3 Å². The Labute approximate surface area is 112 Å². The van der Waals surface area contributed by atoms with Crippen molar-refractivity contribution in [2.75, 3.05) is 0 Å². The van der Waals surface area contributed by atoms with Gasteiger partial charge >= 0.3 is 0 Å². The standard InChI is InChI=1S/C15H15N3O/c1-11(17)14-3-2-10-18-15(14)19-13-6-4-12(5-7-13)8-9-16/h2-7,10-11H,8,17H2,1H3/t11-/m1/s1. The van der Waals surface area contributed by atoms with E-state index in [-0.39, 0.29) is 6.04 Å². The van der Waals surface area contributed by atoms with Crippen LogP contribution in [-0.2, 0) is 6.42 Å². The molecule has 1 aromatic heterocycles. The third-order valence-electron chi connectivity index (χ3n) is 2.71. The molecule has 0 spiro atoms. The van der Waals surface area contributed by atoms with Crippen molar-refractivity contribution in [2.24, 2.45) is 5.73 Å². The van der Waals surface area contributed by atoms with Crippen molar-refractivity contribution in [3.8, 4) is 17.7 Å². The lowest BCUT2D eigenvalue weighted by atomic mass is 10.1. The van der Waals surface area contributed by atoms with Crippen LogP contribution in [0.5, 0.6) is 11.6 Å². The van der Waals surface area contributed by atoms with Crippen LogP contribution in [0.4, 0.5) is 0 Å². The van der Waals surface area contributed by atoms with E-state index in [9.17, 15) is 0 Å². The van der Waals surface area contributed by atoms with Crippen molar-refractivity contribution < 1.29 is 4.74 Å². The normalized spacial score (nSPS) is 11.6. The van der Waals surface area contributed by atoms with Crippen LogP contribution in [0.1, 0.15) is 24.1 Å². The minimum Gasteiger partial charge on any atom is -0.439 e. The maximum absolute atomic E-state index is 8.62. The van der Waals surface area contributed by atoms with Crippen molar-refractivity contribution in [2.45, 2.75) is 19.4 Å². The molecule has 19 heavy (non-hydrogen) atoms. The molecule has 0 bridgehead atoms. The Balaban J connectivity index is 2.19. The number of nitriles is 1. The summed E-state index contributed by atoms with van der Waals surface area (Å²) < 4.78 is 5.73. The molecule has 1 atom stereocenters. The van der Waals surface area contributed by atoms with Gasteiger partial charge in [-0.2, -0.15) is 5.26 Å². The van der Waals surface area contributed by atoms with Gasteiger partial charge in [0, 0.05) is 17.8 Å². The summed E-state index contributed by atoms with van der Waals surface area (Å²) in [5, 5.41) is 8.62. The second kappa shape index (κ2) is 5.98. The lowest BCUT2D eigenvalue weighted by Gasteiger charge is -2.12. The zero-order chi connectivity index (χ0) is 13.7. The number of hydrogen-bond donors (Lipinski definition) is 1. The number of pyridine rings is 1. The Morgan fingerprint density at radius 3 is 2.68 bits per heavy atom. The van der Waals surface area contributed by atoms with Gasteiger partial charge in [-0.25, -0.2) is 4.98 Å². The first-order chi connectivity index (χ1) is 9.20. The number of ether oxygens (including phenoxy) is 1. The van der Waals surface area contributed by atoms with Gasteiger partial charge in [0.15, 0.2) is 0 Å². The Morgan fingerprint density at radius 2 is 2.05 bits per heavy atom. The molecule has 0 saturated carbocycles. The second-order valence-corrected chi connectivity index (χ2v) is 4.27. The minimum atomic E-state index is -0.137. The molecule has 0 aliphatic carbocycles. The average Bonchev–Trinajstić information content (AvgIpc) is 2.42. The zero-order valence-corrected chi connectivity index (χ0v) is 10.7. The molecule has 0 unspecified atom stereocenters. The first-order valence-electron chi connectivity index (χ1n) is 6.05. The molecule has 2 rings (SSSR count). The molecule has 96 valence electrons. The molecule has 0 aliphatic heterocycles. The smallest absolute Gasteiger partial charge is 0.223 e. The lowest BCUT2D eigenvalue weighted by molar-refractivity contribution is 0.452. The van der Waals surface area contributed by atoms with Crippen molar-refractivity contribution in [3.05, 3.63) is 53.7 Å². The Bertz CT molecular complexity index is 585. The van der Waals surface area contributed by atoms with Gasteiger partial charge in [0.2, 0.25) is 5.88 Å². The monoisotopic (exact) mass is 253 g/mol. The highest BCUT2D eigenvalue weighted by molar-refractivity contribution is 5.35. The van der Waals surface area contributed by atoms with Crippen molar-refractivity contribution >= 4 is 0 Å². The van der Waals surface area contributed by atoms with E-state index in [0.29, 0.717) is 18.1 Å². The Hall–Kier alpha value is -2.38. The second-order valence-electron chi connectivity index (χ2n) is 4.27. The van der Waals surface area contributed by atoms with Crippen molar-refractivity contribution in [3.63, 3.8) is 0 Å². The predicted octanol–water partition coefficient (Wildman–Crippen LogP) is 2.96. The van der Waals surface area contributed by atoms with Gasteiger partial charge in [-0.3, -0.25) is 0 Å². The van der Waals surface area contributed by atoms with Crippen LogP contribution in [0.15, 0.2) is 42.6 Å². The van der Waals surface area contributed by atoms with Crippen molar-refractivity contribution in [1.29, 1.82) is 5.26 Å². The number of nitrogens with zero attached hydrogens (tertiary/aromatic N) is 2. The minimum absolute atomic E-state index is 0.137. The van der Waals surface area contributed by atoms with Crippen LogP contribution in [0.25, 0.3) is 0 Å². The van der Waals surface area contributed by atoms with E-state index in [0.717, 1.165) is 11.1 Å². The average molecular weight is 253 g/mol. The molecule has 0 amide bonds. The molecule has 0 radical (unpaired) electrons. The van der Waals surface area contributed by atoms with E-state index in [1.165, 1.54) is 0 Å². The summed E-state index contributed by atoms with van der Waals surface area (Å²) >= 11 is 0. The summed E-state index contributed by atoms with van der Waals surface area (Å²) in [6, 6.07) is 13.1. The first-order valence-corrected chi connectivity index (χ1v) is 6.05. The van der Waals surface area contributed by atoms with E-state index in [2.05, 4.69) is 11.1 Å². The van der Waals surface area contributed by atoms with Gasteiger partial charge in [-0.05, 0) is 30.7 Å². The zero-order valence-electron chi connectivity index (χ0n) is 10.7. The summed E-state index contributed by atoms with van der Waals surface area (Å²) in [5.41, 5.74) is 7.70. The number of hydrogen-bond acceptors (Lipinski definition) is 4. The maximum Gasteiger partial charge on any atom is 0.223 e. The third-order valence-corrected chi connectivity index (χ3v) is 2.71. The van der Waals surface area contributed by atoms with Crippen LogP contribution in [0.3, 0.4) is 0 Å². The van der Waals surface area contributed by atoms with Gasteiger partial charge < -0.3 is 10.5 Å². The SMILES string of the molecule is C[C@@H](N)c1cccnc1Oc1ccc(CC#N)cc1. The predicted molar refractivity (Wildman–Crippen MR) is 72.7 cm³/mol. The van der Waals surface area contributed by atoms with Crippen LogP contribution in [0, 0.1) is 11.3 Å². The summed E-state index contributed by atoms with van der Waals surface area (Å²) in [7, 11) is 0. The highest BCUT2D eigenvalue weighted by Crippen LogP contribution is 2.26. The quantitative estimate of drug-likeness (QED) is 0.909. The number of nitrogens with two attached hydrogens (primary N) is 1. The number of aromatic nitrogens is 1. The molecule has 0 saturated heterocycles. The number of benzene rings is 1. The number of rotatable bonds is 4. The van der Waals surface area contributed by atoms with E-state index in [4.69, 9.17) is 15.7 Å². The summed E-state index contributed by atoms with van der Waals surface area (Å²) in [5.74, 6) is 1.20. The molecule has 1 aromatic carbocycles. The molecule has 2 aromatic rings. The molecule has 2 N–H and O–H groups in total. The first kappa shape index (κ1) is 13.1. The summed E-state index contributed by atoms with van der Waals surface area (Å²) in [4.78, 5) is 4.20. The van der Waals surface area contributed by atoms with Crippen LogP contribution in [0.2, 0.25) is 0 Å². The van der Waals surface area contributed by atoms with Crippen LogP contribution < -0.4 is 10.5 Å².